The number of hydrogen-bond donors (Lipinski definition) is 2. The van der Waals surface area contributed by atoms with Crippen LogP contribution in [0.25, 0.3) is 0 Å². The van der Waals surface area contributed by atoms with E-state index >= 15 is 0 Å². The number of anilines is 1. The number of rotatable bonds is 7. The maximum absolute atomic E-state index is 12.1. The smallest absolute Gasteiger partial charge is 0.293 e. The second-order valence-electron chi connectivity index (χ2n) is 6.63. The third-order valence-electron chi connectivity index (χ3n) is 4.21. The molecule has 1 saturated heterocycles. The summed E-state index contributed by atoms with van der Waals surface area (Å²) < 4.78 is 0. The first-order valence-corrected chi connectivity index (χ1v) is 8.59. The van der Waals surface area contributed by atoms with Gasteiger partial charge in [0.05, 0.1) is 4.92 Å². The summed E-state index contributed by atoms with van der Waals surface area (Å²) in [5.41, 5.74) is 0.699. The van der Waals surface area contributed by atoms with Gasteiger partial charge in [0.1, 0.15) is 5.69 Å². The summed E-state index contributed by atoms with van der Waals surface area (Å²) in [5.74, 6) is -0.303. The minimum Gasteiger partial charge on any atom is -0.377 e. The van der Waals surface area contributed by atoms with Gasteiger partial charge in [0, 0.05) is 43.3 Å². The molecule has 1 aromatic carbocycles. The van der Waals surface area contributed by atoms with E-state index in [0.717, 1.165) is 32.5 Å². The molecule has 1 aliphatic heterocycles. The van der Waals surface area contributed by atoms with E-state index in [2.05, 4.69) is 22.1 Å². The van der Waals surface area contributed by atoms with Crippen molar-refractivity contribution in [3.63, 3.8) is 0 Å². The van der Waals surface area contributed by atoms with Gasteiger partial charge >= 0.3 is 0 Å². The Labute approximate surface area is 148 Å². The molecule has 2 rings (SSSR count). The molecule has 136 valence electrons. The lowest BCUT2D eigenvalue weighted by molar-refractivity contribution is -0.384. The van der Waals surface area contributed by atoms with Crippen molar-refractivity contribution < 1.29 is 9.72 Å². The van der Waals surface area contributed by atoms with Gasteiger partial charge in [-0.2, -0.15) is 0 Å². The van der Waals surface area contributed by atoms with Gasteiger partial charge in [0.2, 0.25) is 0 Å². The quantitative estimate of drug-likeness (QED) is 0.450. The van der Waals surface area contributed by atoms with Gasteiger partial charge in [0.15, 0.2) is 0 Å². The average Bonchev–Trinajstić information content (AvgIpc) is 2.56. The minimum absolute atomic E-state index is 0.0230. The average molecular weight is 346 g/mol. The van der Waals surface area contributed by atoms with Crippen LogP contribution in [-0.2, 0) is 0 Å². The maximum Gasteiger partial charge on any atom is 0.293 e. The molecule has 0 aromatic heterocycles. The first-order chi connectivity index (χ1) is 11.9. The van der Waals surface area contributed by atoms with Crippen LogP contribution in [-0.4, -0.2) is 47.4 Å². The van der Waals surface area contributed by atoms with E-state index in [1.165, 1.54) is 6.07 Å². The highest BCUT2D eigenvalue weighted by Gasteiger charge is 2.23. The second kappa shape index (κ2) is 8.62. The number of likely N-dealkylation sites (tertiary alicyclic amines) is 1. The molecule has 1 aromatic rings. The summed E-state index contributed by atoms with van der Waals surface area (Å²) in [7, 11) is 0. The highest BCUT2D eigenvalue weighted by molar-refractivity contribution is 5.95. The molecule has 0 radical (unpaired) electrons. The first kappa shape index (κ1) is 18.9. The Bertz CT molecular complexity index is 637. The Hall–Kier alpha value is -2.41. The Kier molecular flexibility index (Phi) is 6.52. The first-order valence-electron chi connectivity index (χ1n) is 8.59. The lowest BCUT2D eigenvalue weighted by Gasteiger charge is -2.32. The van der Waals surface area contributed by atoms with Gasteiger partial charge < -0.3 is 10.6 Å². The number of carbonyl (C=O) groups excluding carboxylic acids is 1. The van der Waals surface area contributed by atoms with Crippen molar-refractivity contribution in [1.82, 2.24) is 10.2 Å². The Morgan fingerprint density at radius 2 is 2.12 bits per heavy atom. The molecule has 1 fully saturated rings. The van der Waals surface area contributed by atoms with Crippen LogP contribution in [0.4, 0.5) is 11.4 Å². The van der Waals surface area contributed by atoms with Gasteiger partial charge in [0.25, 0.3) is 11.6 Å². The Morgan fingerprint density at radius 3 is 2.68 bits per heavy atom. The van der Waals surface area contributed by atoms with Crippen molar-refractivity contribution in [2.75, 3.05) is 25.0 Å². The standard InChI is InChI=1S/C18H26N4O3/c1-4-9-21-10-7-15(8-11-21)20-16-6-5-14(12-17(16)22(24)25)18(23)19-13(2)3/h4-6,12-13,15,20H,1,7-11H2,2-3H3,(H,19,23). The SMILES string of the molecule is C=CCN1CCC(Nc2ccc(C(=O)NC(C)C)cc2[N+](=O)[O-])CC1. The molecule has 1 heterocycles. The second-order valence-corrected chi connectivity index (χ2v) is 6.63. The van der Waals surface area contributed by atoms with Crippen molar-refractivity contribution in [1.29, 1.82) is 0 Å². The maximum atomic E-state index is 12.1. The van der Waals surface area contributed by atoms with Crippen LogP contribution in [0.2, 0.25) is 0 Å². The number of benzene rings is 1. The summed E-state index contributed by atoms with van der Waals surface area (Å²) in [6.07, 6.45) is 3.72. The third-order valence-corrected chi connectivity index (χ3v) is 4.21. The van der Waals surface area contributed by atoms with Crippen molar-refractivity contribution in [2.24, 2.45) is 0 Å². The molecule has 0 aliphatic carbocycles. The van der Waals surface area contributed by atoms with Gasteiger partial charge in [-0.15, -0.1) is 6.58 Å². The van der Waals surface area contributed by atoms with E-state index in [9.17, 15) is 14.9 Å². The number of hydrogen-bond acceptors (Lipinski definition) is 5. The fourth-order valence-electron chi connectivity index (χ4n) is 2.95. The number of amides is 1. The lowest BCUT2D eigenvalue weighted by atomic mass is 10.0. The lowest BCUT2D eigenvalue weighted by Crippen LogP contribution is -2.39. The van der Waals surface area contributed by atoms with E-state index in [-0.39, 0.29) is 23.7 Å². The normalized spacial score (nSPS) is 15.8. The van der Waals surface area contributed by atoms with Gasteiger partial charge in [-0.3, -0.25) is 19.8 Å². The predicted octanol–water partition coefficient (Wildman–Crippen LogP) is 2.80. The molecular formula is C18H26N4O3. The van der Waals surface area contributed by atoms with E-state index in [0.29, 0.717) is 11.3 Å². The largest absolute Gasteiger partial charge is 0.377 e. The van der Waals surface area contributed by atoms with Crippen LogP contribution >= 0.6 is 0 Å². The number of nitrogens with one attached hydrogen (secondary N) is 2. The van der Waals surface area contributed by atoms with Crippen molar-refractivity contribution in [3.8, 4) is 0 Å². The number of piperidine rings is 1. The molecule has 1 amide bonds. The molecule has 0 unspecified atom stereocenters. The fourth-order valence-corrected chi connectivity index (χ4v) is 2.95. The molecule has 0 saturated carbocycles. The van der Waals surface area contributed by atoms with Crippen LogP contribution in [0.15, 0.2) is 30.9 Å². The summed E-state index contributed by atoms with van der Waals surface area (Å²) in [6, 6.07) is 4.76. The predicted molar refractivity (Wildman–Crippen MR) is 99.0 cm³/mol. The van der Waals surface area contributed by atoms with E-state index in [4.69, 9.17) is 0 Å². The molecule has 7 heteroatoms. The molecule has 0 bridgehead atoms. The summed E-state index contributed by atoms with van der Waals surface area (Å²) in [4.78, 5) is 25.3. The van der Waals surface area contributed by atoms with Gasteiger partial charge in [-0.25, -0.2) is 0 Å². The van der Waals surface area contributed by atoms with Crippen molar-refractivity contribution in [2.45, 2.75) is 38.8 Å². The number of nitrogens with zero attached hydrogens (tertiary/aromatic N) is 2. The molecule has 0 spiro atoms. The van der Waals surface area contributed by atoms with Crippen LogP contribution in [0.5, 0.6) is 0 Å². The van der Waals surface area contributed by atoms with Crippen molar-refractivity contribution in [3.05, 3.63) is 46.5 Å². The van der Waals surface area contributed by atoms with E-state index < -0.39 is 4.92 Å². The molecule has 2 N–H and O–H groups in total. The number of nitro groups is 1. The van der Waals surface area contributed by atoms with Crippen LogP contribution < -0.4 is 10.6 Å². The molecule has 1 aliphatic rings. The molecule has 0 atom stereocenters. The fraction of sp³-hybridized carbons (Fsp3) is 0.500. The molecule has 25 heavy (non-hydrogen) atoms. The third kappa shape index (κ3) is 5.29. The molecular weight excluding hydrogens is 320 g/mol. The van der Waals surface area contributed by atoms with Gasteiger partial charge in [-0.05, 0) is 38.8 Å². The summed E-state index contributed by atoms with van der Waals surface area (Å²) >= 11 is 0. The van der Waals surface area contributed by atoms with Crippen LogP contribution in [0.3, 0.4) is 0 Å². The minimum atomic E-state index is -0.443. The monoisotopic (exact) mass is 346 g/mol. The van der Waals surface area contributed by atoms with E-state index in [1.807, 2.05) is 19.9 Å². The van der Waals surface area contributed by atoms with Crippen LogP contribution in [0, 0.1) is 10.1 Å². The number of carbonyl (C=O) groups is 1. The highest BCUT2D eigenvalue weighted by Crippen LogP contribution is 2.28. The van der Waals surface area contributed by atoms with E-state index in [1.54, 1.807) is 12.1 Å². The topological polar surface area (TPSA) is 87.5 Å². The zero-order valence-corrected chi connectivity index (χ0v) is 14.8. The van der Waals surface area contributed by atoms with Crippen LogP contribution in [0.1, 0.15) is 37.0 Å². The zero-order valence-electron chi connectivity index (χ0n) is 14.8. The van der Waals surface area contributed by atoms with Gasteiger partial charge in [-0.1, -0.05) is 6.08 Å². The Morgan fingerprint density at radius 1 is 1.44 bits per heavy atom. The van der Waals surface area contributed by atoms with Crippen molar-refractivity contribution >= 4 is 17.3 Å². The summed E-state index contributed by atoms with van der Waals surface area (Å²) in [5, 5.41) is 17.4. The summed E-state index contributed by atoms with van der Waals surface area (Å²) in [6.45, 7) is 10.2. The zero-order chi connectivity index (χ0) is 18.4. The highest BCUT2D eigenvalue weighted by atomic mass is 16.6. The number of nitro benzene ring substituents is 1. The molecule has 7 nitrogen and oxygen atoms in total. The Balaban J connectivity index is 2.09.